The molecule has 1 unspecified atom stereocenters. The summed E-state index contributed by atoms with van der Waals surface area (Å²) in [5, 5.41) is 29.3. The highest BCUT2D eigenvalue weighted by atomic mass is 16.5. The summed E-state index contributed by atoms with van der Waals surface area (Å²) in [6, 6.07) is 16.7. The molecule has 7 N–H and O–H groups in total. The first-order valence-electron chi connectivity index (χ1n) is 8.92. The molecule has 28 heavy (non-hydrogen) atoms. The molecule has 6 nitrogen and oxygen atoms in total. The third-order valence-electron chi connectivity index (χ3n) is 4.54. The van der Waals surface area contributed by atoms with Gasteiger partial charge in [-0.2, -0.15) is 0 Å². The van der Waals surface area contributed by atoms with E-state index in [9.17, 15) is 15.3 Å². The van der Waals surface area contributed by atoms with Crippen molar-refractivity contribution in [3.8, 4) is 34.1 Å². The molecule has 0 aliphatic rings. The topological polar surface area (TPSA) is 122 Å². The molecule has 3 aromatic rings. The van der Waals surface area contributed by atoms with Crippen molar-refractivity contribution in [3.63, 3.8) is 0 Å². The SMILES string of the molecule is CC(N)(CCc1ccc(O)cc1)Oc1ccc(-c2ccc(O)cc2)c(O)c1N. The lowest BCUT2D eigenvalue weighted by Crippen LogP contribution is -2.43. The average Bonchev–Trinajstić information content (AvgIpc) is 2.66. The van der Waals surface area contributed by atoms with E-state index in [0.717, 1.165) is 11.1 Å². The van der Waals surface area contributed by atoms with Crippen LogP contribution in [0.1, 0.15) is 18.9 Å². The Morgan fingerprint density at radius 2 is 1.43 bits per heavy atom. The number of aromatic hydroxyl groups is 3. The Hall–Kier alpha value is -3.38. The minimum Gasteiger partial charge on any atom is -0.508 e. The van der Waals surface area contributed by atoms with Gasteiger partial charge in [-0.25, -0.2) is 0 Å². The van der Waals surface area contributed by atoms with Crippen molar-refractivity contribution in [1.82, 2.24) is 0 Å². The van der Waals surface area contributed by atoms with Gasteiger partial charge in [0.15, 0.2) is 5.72 Å². The second-order valence-electron chi connectivity index (χ2n) is 7.00. The van der Waals surface area contributed by atoms with E-state index in [-0.39, 0.29) is 22.9 Å². The van der Waals surface area contributed by atoms with E-state index in [2.05, 4.69) is 0 Å². The Morgan fingerprint density at radius 3 is 2.04 bits per heavy atom. The van der Waals surface area contributed by atoms with Crippen molar-refractivity contribution in [3.05, 3.63) is 66.2 Å². The predicted octanol–water partition coefficient (Wildman–Crippen LogP) is 3.74. The third-order valence-corrected chi connectivity index (χ3v) is 4.54. The van der Waals surface area contributed by atoms with Crippen LogP contribution < -0.4 is 16.2 Å². The fourth-order valence-electron chi connectivity index (χ4n) is 2.91. The molecule has 0 radical (unpaired) electrons. The molecular weight excluding hydrogens is 356 g/mol. The predicted molar refractivity (Wildman–Crippen MR) is 109 cm³/mol. The number of phenolic OH excluding ortho intramolecular Hbond substituents is 3. The number of hydrogen-bond donors (Lipinski definition) is 5. The summed E-state index contributed by atoms with van der Waals surface area (Å²) < 4.78 is 5.87. The minimum atomic E-state index is -1.00. The lowest BCUT2D eigenvalue weighted by atomic mass is 10.0. The Bertz CT molecular complexity index is 952. The first kappa shape index (κ1) is 19.4. The smallest absolute Gasteiger partial charge is 0.156 e. The van der Waals surface area contributed by atoms with Gasteiger partial charge in [0.2, 0.25) is 0 Å². The standard InChI is InChI=1S/C22H24N2O4/c1-22(24,13-12-14-2-6-16(25)7-3-14)28-19-11-10-18(21(27)20(19)23)15-4-8-17(26)9-5-15/h2-11,25-27H,12-13,23-24H2,1H3. The zero-order chi connectivity index (χ0) is 20.3. The van der Waals surface area contributed by atoms with E-state index in [1.54, 1.807) is 43.3 Å². The quantitative estimate of drug-likeness (QED) is 0.252. The van der Waals surface area contributed by atoms with Gasteiger partial charge in [0.05, 0.1) is 0 Å². The molecule has 0 fully saturated rings. The second-order valence-corrected chi connectivity index (χ2v) is 7.00. The lowest BCUT2D eigenvalue weighted by molar-refractivity contribution is 0.0873. The van der Waals surface area contributed by atoms with Crippen LogP contribution in [0, 0.1) is 0 Å². The number of nitrogen functional groups attached to an aromatic ring is 1. The maximum Gasteiger partial charge on any atom is 0.156 e. The Balaban J connectivity index is 1.74. The molecule has 0 aliphatic carbocycles. The summed E-state index contributed by atoms with van der Waals surface area (Å²) in [5.74, 6) is 0.560. The third kappa shape index (κ3) is 4.47. The number of rotatable bonds is 6. The number of anilines is 1. The fourth-order valence-corrected chi connectivity index (χ4v) is 2.91. The number of phenols is 3. The molecule has 1 atom stereocenters. The molecule has 0 heterocycles. The maximum absolute atomic E-state index is 10.5. The molecule has 3 aromatic carbocycles. The maximum atomic E-state index is 10.5. The van der Waals surface area contributed by atoms with Crippen LogP contribution in [0.25, 0.3) is 11.1 Å². The Morgan fingerprint density at radius 1 is 0.857 bits per heavy atom. The van der Waals surface area contributed by atoms with Gasteiger partial charge in [0.25, 0.3) is 0 Å². The molecule has 146 valence electrons. The monoisotopic (exact) mass is 380 g/mol. The van der Waals surface area contributed by atoms with Gasteiger partial charge < -0.3 is 25.8 Å². The van der Waals surface area contributed by atoms with E-state index in [1.165, 1.54) is 12.1 Å². The first-order valence-corrected chi connectivity index (χ1v) is 8.92. The fraction of sp³-hybridized carbons (Fsp3) is 0.182. The van der Waals surface area contributed by atoms with Crippen LogP contribution in [0.15, 0.2) is 60.7 Å². The highest BCUT2D eigenvalue weighted by molar-refractivity contribution is 5.80. The van der Waals surface area contributed by atoms with Crippen LogP contribution >= 0.6 is 0 Å². The molecule has 3 rings (SSSR count). The molecule has 0 aromatic heterocycles. The zero-order valence-electron chi connectivity index (χ0n) is 15.6. The van der Waals surface area contributed by atoms with Crippen molar-refractivity contribution in [2.24, 2.45) is 5.73 Å². The van der Waals surface area contributed by atoms with Crippen molar-refractivity contribution in [1.29, 1.82) is 0 Å². The zero-order valence-corrected chi connectivity index (χ0v) is 15.6. The van der Waals surface area contributed by atoms with Crippen LogP contribution in [0.3, 0.4) is 0 Å². The van der Waals surface area contributed by atoms with Gasteiger partial charge in [-0.3, -0.25) is 5.73 Å². The van der Waals surface area contributed by atoms with Crippen molar-refractivity contribution < 1.29 is 20.1 Å². The molecular formula is C22H24N2O4. The lowest BCUT2D eigenvalue weighted by Gasteiger charge is -2.27. The average molecular weight is 380 g/mol. The van der Waals surface area contributed by atoms with E-state index >= 15 is 0 Å². The summed E-state index contributed by atoms with van der Waals surface area (Å²) in [4.78, 5) is 0. The molecule has 0 aliphatic heterocycles. The second kappa shape index (κ2) is 7.70. The van der Waals surface area contributed by atoms with E-state index < -0.39 is 5.72 Å². The largest absolute Gasteiger partial charge is 0.508 e. The Kier molecular flexibility index (Phi) is 5.33. The summed E-state index contributed by atoms with van der Waals surface area (Å²) in [7, 11) is 0. The number of hydrogen-bond acceptors (Lipinski definition) is 6. The molecule has 0 amide bonds. The van der Waals surface area contributed by atoms with Gasteiger partial charge in [0, 0.05) is 12.0 Å². The van der Waals surface area contributed by atoms with Gasteiger partial charge in [-0.1, -0.05) is 24.3 Å². The number of ether oxygens (including phenoxy) is 1. The molecule has 0 saturated carbocycles. The Labute approximate surface area is 163 Å². The highest BCUT2D eigenvalue weighted by Crippen LogP contribution is 2.41. The van der Waals surface area contributed by atoms with E-state index in [0.29, 0.717) is 24.2 Å². The number of nitrogens with two attached hydrogens (primary N) is 2. The number of benzene rings is 3. The highest BCUT2D eigenvalue weighted by Gasteiger charge is 2.23. The van der Waals surface area contributed by atoms with Gasteiger partial charge in [-0.05, 0) is 60.9 Å². The first-order chi connectivity index (χ1) is 13.2. The van der Waals surface area contributed by atoms with Crippen LogP contribution in [0.4, 0.5) is 5.69 Å². The molecule has 0 spiro atoms. The molecule has 6 heteroatoms. The summed E-state index contributed by atoms with van der Waals surface area (Å²) >= 11 is 0. The van der Waals surface area contributed by atoms with Crippen LogP contribution in [0.5, 0.6) is 23.0 Å². The van der Waals surface area contributed by atoms with Gasteiger partial charge >= 0.3 is 0 Å². The summed E-state index contributed by atoms with van der Waals surface area (Å²) in [6.07, 6.45) is 1.17. The van der Waals surface area contributed by atoms with Crippen LogP contribution in [-0.2, 0) is 6.42 Å². The van der Waals surface area contributed by atoms with Crippen LogP contribution in [-0.4, -0.2) is 21.0 Å². The minimum absolute atomic E-state index is 0.0995. The normalized spacial score (nSPS) is 13.1. The van der Waals surface area contributed by atoms with Crippen molar-refractivity contribution in [2.45, 2.75) is 25.5 Å². The molecule has 0 saturated heterocycles. The summed E-state index contributed by atoms with van der Waals surface area (Å²) in [6.45, 7) is 1.75. The van der Waals surface area contributed by atoms with Crippen molar-refractivity contribution >= 4 is 5.69 Å². The van der Waals surface area contributed by atoms with E-state index in [1.807, 2.05) is 12.1 Å². The van der Waals surface area contributed by atoms with Gasteiger partial charge in [0.1, 0.15) is 28.7 Å². The summed E-state index contributed by atoms with van der Waals surface area (Å²) in [5.41, 5.74) is 13.7. The number of aryl methyl sites for hydroxylation is 1. The van der Waals surface area contributed by atoms with Gasteiger partial charge in [-0.15, -0.1) is 0 Å². The van der Waals surface area contributed by atoms with Crippen LogP contribution in [0.2, 0.25) is 0 Å². The van der Waals surface area contributed by atoms with Crippen molar-refractivity contribution in [2.75, 3.05) is 5.73 Å². The molecule has 0 bridgehead atoms. The van der Waals surface area contributed by atoms with E-state index in [4.69, 9.17) is 16.2 Å².